The Labute approximate surface area is 126 Å². The van der Waals surface area contributed by atoms with Crippen molar-refractivity contribution in [2.24, 2.45) is 0 Å². The summed E-state index contributed by atoms with van der Waals surface area (Å²) in [5, 5.41) is 8.78. The summed E-state index contributed by atoms with van der Waals surface area (Å²) in [7, 11) is 0. The molecule has 0 aliphatic rings. The summed E-state index contributed by atoms with van der Waals surface area (Å²) < 4.78 is 78.8. The van der Waals surface area contributed by atoms with Gasteiger partial charge in [0.2, 0.25) is 0 Å². The lowest BCUT2D eigenvalue weighted by molar-refractivity contribution is -0.274. The highest BCUT2D eigenvalue weighted by Gasteiger charge is 2.33. The van der Waals surface area contributed by atoms with Crippen LogP contribution in [0.2, 0.25) is 0 Å². The highest BCUT2D eigenvalue weighted by atomic mass is 19.4. The van der Waals surface area contributed by atoms with E-state index in [1.54, 1.807) is 0 Å². The molecule has 0 saturated heterocycles. The van der Waals surface area contributed by atoms with E-state index in [4.69, 9.17) is 5.26 Å². The highest BCUT2D eigenvalue weighted by molar-refractivity contribution is 5.68. The standard InChI is InChI=1S/C15H7F6NO/c16-14(17,18)12-3-1-2-9(6-12)10-4-5-11(8-22)13(7-10)23-15(19,20)21/h1-7H. The van der Waals surface area contributed by atoms with Crippen molar-refractivity contribution < 1.29 is 31.1 Å². The first-order chi connectivity index (χ1) is 10.6. The monoisotopic (exact) mass is 331 g/mol. The van der Waals surface area contributed by atoms with Gasteiger partial charge in [0.1, 0.15) is 11.8 Å². The van der Waals surface area contributed by atoms with E-state index in [9.17, 15) is 26.3 Å². The molecular weight excluding hydrogens is 324 g/mol. The molecule has 0 fully saturated rings. The molecule has 0 aliphatic carbocycles. The van der Waals surface area contributed by atoms with Crippen molar-refractivity contribution in [1.82, 2.24) is 0 Å². The average Bonchev–Trinajstić information content (AvgIpc) is 2.45. The fourth-order valence-electron chi connectivity index (χ4n) is 1.88. The van der Waals surface area contributed by atoms with E-state index in [1.807, 2.05) is 0 Å². The molecule has 2 rings (SSSR count). The Morgan fingerprint density at radius 1 is 0.870 bits per heavy atom. The van der Waals surface area contributed by atoms with E-state index in [-0.39, 0.29) is 16.7 Å². The first-order valence-corrected chi connectivity index (χ1v) is 6.08. The van der Waals surface area contributed by atoms with Crippen molar-refractivity contribution in [3.63, 3.8) is 0 Å². The second-order valence-corrected chi connectivity index (χ2v) is 4.45. The van der Waals surface area contributed by atoms with Crippen LogP contribution in [0.4, 0.5) is 26.3 Å². The van der Waals surface area contributed by atoms with E-state index in [1.165, 1.54) is 18.2 Å². The largest absolute Gasteiger partial charge is 0.573 e. The van der Waals surface area contributed by atoms with Gasteiger partial charge in [0.05, 0.1) is 11.1 Å². The van der Waals surface area contributed by atoms with E-state index in [2.05, 4.69) is 4.74 Å². The zero-order valence-electron chi connectivity index (χ0n) is 11.2. The number of nitriles is 1. The SMILES string of the molecule is N#Cc1ccc(-c2cccc(C(F)(F)F)c2)cc1OC(F)(F)F. The van der Waals surface area contributed by atoms with Gasteiger partial charge >= 0.3 is 12.5 Å². The normalized spacial score (nSPS) is 11.9. The molecule has 2 aromatic rings. The van der Waals surface area contributed by atoms with Crippen LogP contribution in [0, 0.1) is 11.3 Å². The van der Waals surface area contributed by atoms with Gasteiger partial charge in [-0.25, -0.2) is 0 Å². The number of hydrogen-bond donors (Lipinski definition) is 0. The second kappa shape index (κ2) is 5.83. The van der Waals surface area contributed by atoms with Gasteiger partial charge in [0, 0.05) is 0 Å². The third-order valence-electron chi connectivity index (χ3n) is 2.85. The predicted octanol–water partition coefficient (Wildman–Crippen LogP) is 5.14. The van der Waals surface area contributed by atoms with Crippen LogP contribution in [-0.4, -0.2) is 6.36 Å². The molecule has 2 aromatic carbocycles. The zero-order valence-corrected chi connectivity index (χ0v) is 11.2. The third-order valence-corrected chi connectivity index (χ3v) is 2.85. The molecule has 0 amide bonds. The van der Waals surface area contributed by atoms with Gasteiger partial charge in [-0.3, -0.25) is 0 Å². The molecule has 120 valence electrons. The van der Waals surface area contributed by atoms with Gasteiger partial charge in [-0.15, -0.1) is 13.2 Å². The summed E-state index contributed by atoms with van der Waals surface area (Å²) in [6.45, 7) is 0. The minimum absolute atomic E-state index is 0.0522. The maximum atomic E-state index is 12.7. The summed E-state index contributed by atoms with van der Waals surface area (Å²) in [4.78, 5) is 0. The molecule has 8 heteroatoms. The van der Waals surface area contributed by atoms with E-state index in [0.717, 1.165) is 30.3 Å². The number of rotatable bonds is 2. The second-order valence-electron chi connectivity index (χ2n) is 4.45. The Kier molecular flexibility index (Phi) is 4.23. The van der Waals surface area contributed by atoms with E-state index in [0.29, 0.717) is 0 Å². The Morgan fingerprint density at radius 2 is 1.52 bits per heavy atom. The van der Waals surface area contributed by atoms with Crippen molar-refractivity contribution in [2.75, 3.05) is 0 Å². The maximum Gasteiger partial charge on any atom is 0.573 e. The van der Waals surface area contributed by atoms with E-state index >= 15 is 0 Å². The van der Waals surface area contributed by atoms with Crippen molar-refractivity contribution >= 4 is 0 Å². The van der Waals surface area contributed by atoms with E-state index < -0.39 is 23.9 Å². The summed E-state index contributed by atoms with van der Waals surface area (Å²) in [5.74, 6) is -0.769. The highest BCUT2D eigenvalue weighted by Crippen LogP contribution is 2.34. The lowest BCUT2D eigenvalue weighted by atomic mass is 10.0. The zero-order chi connectivity index (χ0) is 17.3. The Morgan fingerprint density at radius 3 is 2.09 bits per heavy atom. The van der Waals surface area contributed by atoms with Crippen LogP contribution in [0.1, 0.15) is 11.1 Å². The van der Waals surface area contributed by atoms with Crippen LogP contribution in [0.3, 0.4) is 0 Å². The molecular formula is C15H7F6NO. The van der Waals surface area contributed by atoms with Crippen molar-refractivity contribution in [3.05, 3.63) is 53.6 Å². The number of benzene rings is 2. The van der Waals surface area contributed by atoms with Gasteiger partial charge in [0.15, 0.2) is 0 Å². The minimum atomic E-state index is -5.02. The molecule has 0 aromatic heterocycles. The molecule has 0 bridgehead atoms. The molecule has 0 unspecified atom stereocenters. The van der Waals surface area contributed by atoms with Gasteiger partial charge in [0.25, 0.3) is 0 Å². The van der Waals surface area contributed by atoms with Crippen LogP contribution in [0.5, 0.6) is 5.75 Å². The summed E-state index contributed by atoms with van der Waals surface area (Å²) in [5.41, 5.74) is -1.19. The van der Waals surface area contributed by atoms with Crippen LogP contribution in [0.25, 0.3) is 11.1 Å². The predicted molar refractivity (Wildman–Crippen MR) is 68.3 cm³/mol. The first kappa shape index (κ1) is 16.7. The van der Waals surface area contributed by atoms with Crippen LogP contribution < -0.4 is 4.74 Å². The lowest BCUT2D eigenvalue weighted by Crippen LogP contribution is -2.17. The molecule has 0 saturated carbocycles. The van der Waals surface area contributed by atoms with Gasteiger partial charge in [-0.1, -0.05) is 18.2 Å². The van der Waals surface area contributed by atoms with Gasteiger partial charge in [-0.2, -0.15) is 18.4 Å². The maximum absolute atomic E-state index is 12.7. The first-order valence-electron chi connectivity index (χ1n) is 6.08. The van der Waals surface area contributed by atoms with Gasteiger partial charge < -0.3 is 4.74 Å². The number of ether oxygens (including phenoxy) is 1. The fourth-order valence-corrected chi connectivity index (χ4v) is 1.88. The third kappa shape index (κ3) is 4.16. The molecule has 0 aliphatic heterocycles. The quantitative estimate of drug-likeness (QED) is 0.714. The number of hydrogen-bond acceptors (Lipinski definition) is 2. The van der Waals surface area contributed by atoms with Crippen molar-refractivity contribution in [1.29, 1.82) is 5.26 Å². The van der Waals surface area contributed by atoms with Crippen LogP contribution in [-0.2, 0) is 6.18 Å². The van der Waals surface area contributed by atoms with Crippen molar-refractivity contribution in [2.45, 2.75) is 12.5 Å². The molecule has 0 N–H and O–H groups in total. The van der Waals surface area contributed by atoms with Crippen LogP contribution >= 0.6 is 0 Å². The molecule has 2 nitrogen and oxygen atoms in total. The number of alkyl halides is 6. The fraction of sp³-hybridized carbons (Fsp3) is 0.133. The smallest absolute Gasteiger partial charge is 0.404 e. The summed E-state index contributed by atoms with van der Waals surface area (Å²) in [6.07, 6.45) is -9.59. The molecule has 23 heavy (non-hydrogen) atoms. The Hall–Kier alpha value is -2.69. The summed E-state index contributed by atoms with van der Waals surface area (Å²) >= 11 is 0. The molecule has 0 radical (unpaired) electrons. The molecule has 0 atom stereocenters. The Balaban J connectivity index is 2.49. The number of halogens is 6. The summed E-state index contributed by atoms with van der Waals surface area (Å²) in [6, 6.07) is 8.81. The molecule has 0 heterocycles. The average molecular weight is 331 g/mol. The van der Waals surface area contributed by atoms with Gasteiger partial charge in [-0.05, 0) is 35.4 Å². The number of nitrogens with zero attached hydrogens (tertiary/aromatic N) is 1. The Bertz CT molecular complexity index is 758. The minimum Gasteiger partial charge on any atom is -0.404 e. The topological polar surface area (TPSA) is 33.0 Å². The van der Waals surface area contributed by atoms with Crippen molar-refractivity contribution in [3.8, 4) is 22.9 Å². The molecule has 0 spiro atoms. The lowest BCUT2D eigenvalue weighted by Gasteiger charge is -2.13. The van der Waals surface area contributed by atoms with Crippen LogP contribution in [0.15, 0.2) is 42.5 Å².